The molecule has 0 radical (unpaired) electrons. The second-order valence-corrected chi connectivity index (χ2v) is 11.3. The van der Waals surface area contributed by atoms with Gasteiger partial charge in [-0.1, -0.05) is 133 Å². The maximum Gasteiger partial charge on any atom is 0.119 e. The van der Waals surface area contributed by atoms with Crippen LogP contribution in [0.1, 0.15) is 27.8 Å². The van der Waals surface area contributed by atoms with E-state index in [9.17, 15) is 0 Å². The molecule has 0 saturated carbocycles. The maximum atomic E-state index is 6.08. The van der Waals surface area contributed by atoms with Gasteiger partial charge in [-0.05, 0) is 39.9 Å². The number of ether oxygens (including phenoxy) is 2. The average molecular weight is 515 g/mol. The van der Waals surface area contributed by atoms with Gasteiger partial charge < -0.3 is 9.47 Å². The van der Waals surface area contributed by atoms with E-state index >= 15 is 0 Å². The van der Waals surface area contributed by atoms with Crippen LogP contribution in [0.5, 0.6) is 5.75 Å². The van der Waals surface area contributed by atoms with Crippen molar-refractivity contribution in [3.05, 3.63) is 173 Å². The first-order chi connectivity index (χ1) is 18.8. The summed E-state index contributed by atoms with van der Waals surface area (Å²) in [6.07, 6.45) is 0. The fourth-order valence-electron chi connectivity index (χ4n) is 5.16. The van der Waals surface area contributed by atoms with Gasteiger partial charge in [0.25, 0.3) is 0 Å². The summed E-state index contributed by atoms with van der Waals surface area (Å²) in [6, 6.07) is 51.5. The van der Waals surface area contributed by atoms with Crippen LogP contribution in [0.3, 0.4) is 0 Å². The third kappa shape index (κ3) is 4.76. The molecule has 1 heterocycles. The predicted molar refractivity (Wildman–Crippen MR) is 157 cm³/mol. The minimum atomic E-state index is -0.407. The lowest BCUT2D eigenvalue weighted by Gasteiger charge is -2.48. The number of benzene rings is 5. The van der Waals surface area contributed by atoms with E-state index in [0.717, 1.165) is 11.3 Å². The molecule has 1 aliphatic rings. The average Bonchev–Trinajstić information content (AvgIpc) is 2.98. The van der Waals surface area contributed by atoms with Crippen LogP contribution in [0.25, 0.3) is 0 Å². The van der Waals surface area contributed by atoms with Crippen LogP contribution in [0.2, 0.25) is 0 Å². The third-order valence-corrected chi connectivity index (χ3v) is 9.06. The zero-order valence-corrected chi connectivity index (χ0v) is 22.0. The van der Waals surface area contributed by atoms with E-state index in [-0.39, 0.29) is 4.75 Å². The third-order valence-electron chi connectivity index (χ3n) is 7.19. The summed E-state index contributed by atoms with van der Waals surface area (Å²) in [5.41, 5.74) is 6.20. The van der Waals surface area contributed by atoms with Gasteiger partial charge in [-0.3, -0.25) is 0 Å². The second-order valence-electron chi connectivity index (χ2n) is 9.67. The Balaban J connectivity index is 1.39. The van der Waals surface area contributed by atoms with Gasteiger partial charge in [0.05, 0.1) is 22.7 Å². The molecule has 0 aromatic heterocycles. The smallest absolute Gasteiger partial charge is 0.119 e. The first-order valence-electron chi connectivity index (χ1n) is 13.0. The lowest BCUT2D eigenvalue weighted by molar-refractivity contribution is -0.0113. The highest BCUT2D eigenvalue weighted by Crippen LogP contribution is 2.58. The molecule has 5 aromatic carbocycles. The highest BCUT2D eigenvalue weighted by molar-refractivity contribution is 8.01. The summed E-state index contributed by atoms with van der Waals surface area (Å²) in [5.74, 6) is 0.874. The lowest BCUT2D eigenvalue weighted by atomic mass is 9.84. The zero-order valence-electron chi connectivity index (χ0n) is 21.2. The normalized spacial score (nSPS) is 14.4. The standard InChI is InChI=1S/C35H30O2S/c1-5-13-28(14-6-1)25-37-33-23-21-29(22-24-33)34(26-36-27-34)38-35(30-15-7-2-8-16-30,31-17-9-3-10-18-31)32-19-11-4-12-20-32/h1-24H,25-27H2. The quantitative estimate of drug-likeness (QED) is 0.185. The van der Waals surface area contributed by atoms with Crippen molar-refractivity contribution in [3.63, 3.8) is 0 Å². The minimum absolute atomic E-state index is 0.195. The van der Waals surface area contributed by atoms with Crippen molar-refractivity contribution in [2.45, 2.75) is 16.1 Å². The van der Waals surface area contributed by atoms with Gasteiger partial charge >= 0.3 is 0 Å². The van der Waals surface area contributed by atoms with Crippen LogP contribution in [0.15, 0.2) is 146 Å². The molecule has 0 spiro atoms. The summed E-state index contributed by atoms with van der Waals surface area (Å²) in [6.45, 7) is 1.88. The Kier molecular flexibility index (Phi) is 7.04. The number of hydrogen-bond acceptors (Lipinski definition) is 3. The molecule has 0 N–H and O–H groups in total. The molecule has 0 amide bonds. The number of thioether (sulfide) groups is 1. The highest BCUT2D eigenvalue weighted by Gasteiger charge is 2.50. The monoisotopic (exact) mass is 514 g/mol. The van der Waals surface area contributed by atoms with Crippen molar-refractivity contribution in [1.82, 2.24) is 0 Å². The molecule has 0 bridgehead atoms. The first-order valence-corrected chi connectivity index (χ1v) is 13.8. The Morgan fingerprint density at radius 3 is 1.45 bits per heavy atom. The molecule has 6 rings (SSSR count). The Bertz CT molecular complexity index is 1340. The van der Waals surface area contributed by atoms with E-state index in [1.165, 1.54) is 22.3 Å². The fraction of sp³-hybridized carbons (Fsp3) is 0.143. The SMILES string of the molecule is c1ccc(COc2ccc(C3(SC(c4ccccc4)(c4ccccc4)c4ccccc4)COC3)cc2)cc1. The van der Waals surface area contributed by atoms with Crippen molar-refractivity contribution >= 4 is 11.8 Å². The van der Waals surface area contributed by atoms with Crippen LogP contribution >= 0.6 is 11.8 Å². The zero-order chi connectivity index (χ0) is 25.7. The molecule has 5 aromatic rings. The molecule has 2 nitrogen and oxygen atoms in total. The molecule has 0 unspecified atom stereocenters. The van der Waals surface area contributed by atoms with Gasteiger partial charge in [-0.2, -0.15) is 0 Å². The molecule has 0 atom stereocenters. The van der Waals surface area contributed by atoms with Gasteiger partial charge in [-0.15, -0.1) is 11.8 Å². The molecular weight excluding hydrogens is 484 g/mol. The molecule has 1 saturated heterocycles. The van der Waals surface area contributed by atoms with Crippen molar-refractivity contribution < 1.29 is 9.47 Å². The van der Waals surface area contributed by atoms with Gasteiger partial charge in [0, 0.05) is 0 Å². The summed E-state index contributed by atoms with van der Waals surface area (Å²) in [4.78, 5) is 0. The van der Waals surface area contributed by atoms with Crippen LogP contribution in [-0.2, 0) is 20.8 Å². The Morgan fingerprint density at radius 1 is 0.579 bits per heavy atom. The van der Waals surface area contributed by atoms with Gasteiger partial charge in [0.1, 0.15) is 12.4 Å². The largest absolute Gasteiger partial charge is 0.489 e. The van der Waals surface area contributed by atoms with Crippen molar-refractivity contribution in [1.29, 1.82) is 0 Å². The number of rotatable bonds is 9. The van der Waals surface area contributed by atoms with E-state index < -0.39 is 4.75 Å². The van der Waals surface area contributed by atoms with Crippen LogP contribution in [0.4, 0.5) is 0 Å². The van der Waals surface area contributed by atoms with Crippen molar-refractivity contribution in [2.75, 3.05) is 13.2 Å². The van der Waals surface area contributed by atoms with Gasteiger partial charge in [0.15, 0.2) is 0 Å². The Labute approximate surface area is 229 Å². The van der Waals surface area contributed by atoms with Gasteiger partial charge in [0.2, 0.25) is 0 Å². The minimum Gasteiger partial charge on any atom is -0.489 e. The fourth-order valence-corrected chi connectivity index (χ4v) is 7.04. The van der Waals surface area contributed by atoms with Crippen LogP contribution < -0.4 is 4.74 Å². The predicted octanol–water partition coefficient (Wildman–Crippen LogP) is 8.22. The highest BCUT2D eigenvalue weighted by atomic mass is 32.2. The molecule has 188 valence electrons. The van der Waals surface area contributed by atoms with E-state index in [1.54, 1.807) is 0 Å². The molecule has 1 aliphatic heterocycles. The first kappa shape index (κ1) is 24.5. The van der Waals surface area contributed by atoms with Crippen molar-refractivity contribution in [2.24, 2.45) is 0 Å². The topological polar surface area (TPSA) is 18.5 Å². The van der Waals surface area contributed by atoms with E-state index in [4.69, 9.17) is 9.47 Å². The van der Waals surface area contributed by atoms with Crippen LogP contribution in [-0.4, -0.2) is 13.2 Å². The summed E-state index contributed by atoms with van der Waals surface area (Å²) < 4.78 is 11.4. The molecular formula is C35H30O2S. The van der Waals surface area contributed by atoms with Crippen LogP contribution in [0, 0.1) is 0 Å². The maximum absolute atomic E-state index is 6.08. The summed E-state index contributed by atoms with van der Waals surface area (Å²) in [7, 11) is 0. The molecule has 0 aliphatic carbocycles. The summed E-state index contributed by atoms with van der Waals surface area (Å²) in [5, 5.41) is 0. The van der Waals surface area contributed by atoms with E-state index in [2.05, 4.69) is 127 Å². The molecule has 38 heavy (non-hydrogen) atoms. The van der Waals surface area contributed by atoms with E-state index in [0.29, 0.717) is 19.8 Å². The number of hydrogen-bond donors (Lipinski definition) is 0. The molecule has 3 heteroatoms. The lowest BCUT2D eigenvalue weighted by Crippen LogP contribution is -2.47. The molecule has 1 fully saturated rings. The summed E-state index contributed by atoms with van der Waals surface area (Å²) >= 11 is 1.99. The Morgan fingerprint density at radius 2 is 1.03 bits per heavy atom. The second kappa shape index (κ2) is 10.9. The van der Waals surface area contributed by atoms with Crippen molar-refractivity contribution in [3.8, 4) is 5.75 Å². The van der Waals surface area contributed by atoms with E-state index in [1.807, 2.05) is 30.0 Å². The Hall–Kier alpha value is -3.79. The van der Waals surface area contributed by atoms with Gasteiger partial charge in [-0.25, -0.2) is 0 Å².